The van der Waals surface area contributed by atoms with Gasteiger partial charge in [-0.1, -0.05) is 29.1 Å². The Labute approximate surface area is 160 Å². The van der Waals surface area contributed by atoms with Crippen molar-refractivity contribution in [2.45, 2.75) is 17.8 Å². The molecule has 7 nitrogen and oxygen atoms in total. The van der Waals surface area contributed by atoms with Gasteiger partial charge in [0.2, 0.25) is 0 Å². The molecule has 0 saturated heterocycles. The molecule has 0 aliphatic heterocycles. The molecule has 1 atom stereocenters. The van der Waals surface area contributed by atoms with E-state index >= 15 is 0 Å². The normalized spacial score (nSPS) is 11.6. The maximum absolute atomic E-state index is 12.8. The lowest BCUT2D eigenvalue weighted by Crippen LogP contribution is -2.13. The van der Waals surface area contributed by atoms with Crippen molar-refractivity contribution in [2.24, 2.45) is 5.18 Å². The number of ether oxygens (including phenoxy) is 1. The maximum atomic E-state index is 12.8. The second-order valence-corrected chi connectivity index (χ2v) is 6.29. The minimum Gasteiger partial charge on any atom is -0.489 e. The monoisotopic (exact) mass is 380 g/mol. The van der Waals surface area contributed by atoms with E-state index in [0.29, 0.717) is 23.1 Å². The van der Waals surface area contributed by atoms with Gasteiger partial charge in [-0.15, -0.1) is 4.91 Å². The van der Waals surface area contributed by atoms with Crippen LogP contribution < -0.4 is 4.74 Å². The van der Waals surface area contributed by atoms with Crippen LogP contribution >= 0.6 is 11.8 Å². The quantitative estimate of drug-likeness (QED) is 0.253. The highest BCUT2D eigenvalue weighted by molar-refractivity contribution is 7.98. The number of thioether (sulfide) groups is 1. The van der Waals surface area contributed by atoms with Crippen molar-refractivity contribution in [3.63, 3.8) is 0 Å². The van der Waals surface area contributed by atoms with Crippen molar-refractivity contribution in [3.05, 3.63) is 82.8 Å². The van der Waals surface area contributed by atoms with Crippen LogP contribution in [0.1, 0.15) is 27.7 Å². The summed E-state index contributed by atoms with van der Waals surface area (Å²) in [5.41, 5.74) is 1.56. The number of hydrogen-bond acceptors (Lipinski definition) is 8. The fourth-order valence-electron chi connectivity index (χ4n) is 2.38. The molecule has 2 aromatic heterocycles. The number of carbonyl (C=O) groups is 1. The number of nitroso groups, excluding NO2 is 1. The molecule has 2 heterocycles. The van der Waals surface area contributed by atoms with Crippen molar-refractivity contribution in [1.82, 2.24) is 15.0 Å². The summed E-state index contributed by atoms with van der Waals surface area (Å²) < 4.78 is 5.72. The first-order valence-electron chi connectivity index (χ1n) is 8.06. The summed E-state index contributed by atoms with van der Waals surface area (Å²) in [5, 5.41) is 3.46. The Kier molecular flexibility index (Phi) is 6.22. The van der Waals surface area contributed by atoms with Gasteiger partial charge in [0.15, 0.2) is 17.0 Å². The third kappa shape index (κ3) is 4.73. The summed E-state index contributed by atoms with van der Waals surface area (Å²) in [6, 6.07) is 10.7. The molecule has 0 saturated carbocycles. The first kappa shape index (κ1) is 18.7. The molecule has 0 bridgehead atoms. The lowest BCUT2D eigenvalue weighted by molar-refractivity contribution is 0.0959. The Balaban J connectivity index is 1.78. The molecule has 0 aliphatic rings. The maximum Gasteiger partial charge on any atom is 0.197 e. The van der Waals surface area contributed by atoms with E-state index in [1.54, 1.807) is 36.7 Å². The number of aromatic nitrogens is 3. The van der Waals surface area contributed by atoms with Crippen LogP contribution in [0.25, 0.3) is 0 Å². The Morgan fingerprint density at radius 1 is 1.19 bits per heavy atom. The van der Waals surface area contributed by atoms with Crippen LogP contribution in [0.15, 0.2) is 71.4 Å². The van der Waals surface area contributed by atoms with Crippen molar-refractivity contribution < 1.29 is 9.53 Å². The fraction of sp³-hybridized carbons (Fsp3) is 0.158. The van der Waals surface area contributed by atoms with Crippen LogP contribution in [0.4, 0.5) is 0 Å². The van der Waals surface area contributed by atoms with Gasteiger partial charge in [0.05, 0.1) is 5.69 Å². The summed E-state index contributed by atoms with van der Waals surface area (Å²) in [6.45, 7) is 0.346. The van der Waals surface area contributed by atoms with Crippen LogP contribution in [-0.2, 0) is 6.61 Å². The highest BCUT2D eigenvalue weighted by Crippen LogP contribution is 2.24. The van der Waals surface area contributed by atoms with E-state index in [2.05, 4.69) is 20.1 Å². The summed E-state index contributed by atoms with van der Waals surface area (Å²) in [7, 11) is 0. The zero-order valence-corrected chi connectivity index (χ0v) is 15.3. The third-order valence-corrected chi connectivity index (χ3v) is 4.31. The van der Waals surface area contributed by atoms with Gasteiger partial charge in [0.25, 0.3) is 0 Å². The summed E-state index contributed by atoms with van der Waals surface area (Å²) in [4.78, 5) is 36.3. The number of nitrogens with zero attached hydrogens (tertiary/aromatic N) is 4. The molecule has 3 aromatic rings. The lowest BCUT2D eigenvalue weighted by atomic mass is 10.0. The van der Waals surface area contributed by atoms with Gasteiger partial charge in [-0.05, 0) is 42.2 Å². The van der Waals surface area contributed by atoms with Crippen molar-refractivity contribution in [3.8, 4) is 5.75 Å². The molecule has 0 amide bonds. The van der Waals surface area contributed by atoms with E-state index in [-0.39, 0.29) is 5.69 Å². The first-order valence-corrected chi connectivity index (χ1v) is 9.29. The lowest BCUT2D eigenvalue weighted by Gasteiger charge is -2.10. The third-order valence-electron chi connectivity index (χ3n) is 3.74. The van der Waals surface area contributed by atoms with Crippen LogP contribution in [0.5, 0.6) is 5.75 Å². The molecule has 27 heavy (non-hydrogen) atoms. The number of rotatable bonds is 8. The van der Waals surface area contributed by atoms with Crippen LogP contribution in [0.2, 0.25) is 0 Å². The Morgan fingerprint density at radius 2 is 2.00 bits per heavy atom. The Hall–Kier alpha value is -3.13. The number of benzene rings is 1. The standard InChI is InChI=1S/C19H16N4O3S/c1-27-19-21-10-7-16(22-19)17(23-25)18(24)14-3-2-4-15(11-14)26-12-13-5-8-20-9-6-13/h2-11,17H,12H2,1H3. The van der Waals surface area contributed by atoms with Gasteiger partial charge >= 0.3 is 0 Å². The second kappa shape index (κ2) is 9.00. The highest BCUT2D eigenvalue weighted by atomic mass is 32.2. The number of pyridine rings is 1. The van der Waals surface area contributed by atoms with Gasteiger partial charge in [0.1, 0.15) is 12.4 Å². The van der Waals surface area contributed by atoms with E-state index in [1.807, 2.05) is 18.4 Å². The smallest absolute Gasteiger partial charge is 0.197 e. The molecule has 0 spiro atoms. The molecule has 3 rings (SSSR count). The number of ketones is 1. The average molecular weight is 380 g/mol. The van der Waals surface area contributed by atoms with E-state index in [4.69, 9.17) is 4.74 Å². The molecule has 8 heteroatoms. The minimum atomic E-state index is -1.23. The Morgan fingerprint density at radius 3 is 2.74 bits per heavy atom. The average Bonchev–Trinajstić information content (AvgIpc) is 2.74. The van der Waals surface area contributed by atoms with Crippen LogP contribution in [0.3, 0.4) is 0 Å². The Bertz CT molecular complexity index is 937. The zero-order chi connectivity index (χ0) is 19.1. The number of hydrogen-bond donors (Lipinski definition) is 0. The molecular formula is C19H16N4O3S. The van der Waals surface area contributed by atoms with Gasteiger partial charge < -0.3 is 4.74 Å². The van der Waals surface area contributed by atoms with Crippen LogP contribution in [-0.4, -0.2) is 27.0 Å². The van der Waals surface area contributed by atoms with Crippen LogP contribution in [0, 0.1) is 4.91 Å². The first-order chi connectivity index (χ1) is 13.2. The number of Topliss-reactive ketones (excluding diaryl/α,β-unsaturated/α-hetero) is 1. The summed E-state index contributed by atoms with van der Waals surface area (Å²) in [5.74, 6) is 0.0833. The van der Waals surface area contributed by atoms with Crippen molar-refractivity contribution in [1.29, 1.82) is 0 Å². The van der Waals surface area contributed by atoms with E-state index in [1.165, 1.54) is 24.0 Å². The molecule has 0 fully saturated rings. The van der Waals surface area contributed by atoms with Crippen molar-refractivity contribution >= 4 is 17.5 Å². The summed E-state index contributed by atoms with van der Waals surface area (Å²) >= 11 is 1.32. The molecule has 1 unspecified atom stereocenters. The van der Waals surface area contributed by atoms with Gasteiger partial charge in [-0.3, -0.25) is 9.78 Å². The molecule has 0 N–H and O–H groups in total. The van der Waals surface area contributed by atoms with E-state index in [9.17, 15) is 9.70 Å². The fourth-order valence-corrected chi connectivity index (χ4v) is 2.75. The highest BCUT2D eigenvalue weighted by Gasteiger charge is 2.25. The molecular weight excluding hydrogens is 364 g/mol. The largest absolute Gasteiger partial charge is 0.489 e. The second-order valence-electron chi connectivity index (χ2n) is 5.51. The SMILES string of the molecule is CSc1nccc(C(N=O)C(=O)c2cccc(OCc3ccncc3)c2)n1. The molecule has 1 aromatic carbocycles. The minimum absolute atomic E-state index is 0.275. The molecule has 136 valence electrons. The molecule has 0 radical (unpaired) electrons. The topological polar surface area (TPSA) is 94.4 Å². The summed E-state index contributed by atoms with van der Waals surface area (Å²) in [6.07, 6.45) is 6.69. The predicted octanol–water partition coefficient (Wildman–Crippen LogP) is 3.86. The molecule has 0 aliphatic carbocycles. The van der Waals surface area contributed by atoms with Crippen molar-refractivity contribution in [2.75, 3.05) is 6.26 Å². The van der Waals surface area contributed by atoms with Gasteiger partial charge in [-0.2, -0.15) is 0 Å². The number of carbonyl (C=O) groups excluding carboxylic acids is 1. The van der Waals surface area contributed by atoms with Gasteiger partial charge in [-0.25, -0.2) is 9.97 Å². The predicted molar refractivity (Wildman–Crippen MR) is 102 cm³/mol. The van der Waals surface area contributed by atoms with E-state index < -0.39 is 11.8 Å². The van der Waals surface area contributed by atoms with Gasteiger partial charge in [0, 0.05) is 24.2 Å². The zero-order valence-electron chi connectivity index (χ0n) is 14.5. The van der Waals surface area contributed by atoms with E-state index in [0.717, 1.165) is 5.56 Å².